The summed E-state index contributed by atoms with van der Waals surface area (Å²) in [5, 5.41) is 3.04. The molecule has 4 atom stereocenters. The highest BCUT2D eigenvalue weighted by molar-refractivity contribution is 5.90. The summed E-state index contributed by atoms with van der Waals surface area (Å²) in [6.07, 6.45) is 5.36. The summed E-state index contributed by atoms with van der Waals surface area (Å²) < 4.78 is 16.0. The van der Waals surface area contributed by atoms with Crippen molar-refractivity contribution in [3.05, 3.63) is 29.8 Å². The first-order chi connectivity index (χ1) is 13.8. The van der Waals surface area contributed by atoms with Crippen LogP contribution in [0.5, 0.6) is 11.5 Å². The van der Waals surface area contributed by atoms with Crippen LogP contribution < -0.4 is 14.8 Å². The van der Waals surface area contributed by atoms with E-state index in [4.69, 9.17) is 14.2 Å². The second-order valence-electron chi connectivity index (χ2n) is 7.64. The van der Waals surface area contributed by atoms with Crippen LogP contribution in [-0.2, 0) is 14.3 Å². The van der Waals surface area contributed by atoms with Crippen molar-refractivity contribution in [1.29, 1.82) is 0 Å². The maximum Gasteiger partial charge on any atom is 0.331 e. The predicted octanol–water partition coefficient (Wildman–Crippen LogP) is 3.98. The Morgan fingerprint density at radius 3 is 2.69 bits per heavy atom. The molecule has 1 aromatic carbocycles. The Balaban J connectivity index is 1.89. The summed E-state index contributed by atoms with van der Waals surface area (Å²) >= 11 is 0. The Bertz CT molecular complexity index is 730. The van der Waals surface area contributed by atoms with Crippen LogP contribution in [0.1, 0.15) is 52.5 Å². The highest BCUT2D eigenvalue weighted by Gasteiger charge is 2.29. The van der Waals surface area contributed by atoms with Crippen LogP contribution in [0.3, 0.4) is 0 Å². The fourth-order valence-electron chi connectivity index (χ4n) is 3.58. The van der Waals surface area contributed by atoms with Crippen molar-refractivity contribution < 1.29 is 23.8 Å². The van der Waals surface area contributed by atoms with Crippen molar-refractivity contribution in [2.75, 3.05) is 13.7 Å². The molecule has 6 heteroatoms. The summed E-state index contributed by atoms with van der Waals surface area (Å²) in [5.74, 6) is 1.43. The minimum Gasteiger partial charge on any atom is -0.493 e. The number of hydrogen-bond acceptors (Lipinski definition) is 5. The lowest BCUT2D eigenvalue weighted by atomic mass is 9.78. The Hall–Kier alpha value is -2.50. The quantitative estimate of drug-likeness (QED) is 0.525. The number of ether oxygens (including phenoxy) is 3. The molecule has 1 aliphatic carbocycles. The number of rotatable bonds is 8. The summed E-state index contributed by atoms with van der Waals surface area (Å²) in [5.41, 5.74) is 0.768. The molecule has 0 saturated heterocycles. The lowest BCUT2D eigenvalue weighted by molar-refractivity contribution is -0.150. The van der Waals surface area contributed by atoms with E-state index in [9.17, 15) is 9.59 Å². The van der Waals surface area contributed by atoms with E-state index in [2.05, 4.69) is 19.2 Å². The third-order valence-corrected chi connectivity index (χ3v) is 5.60. The van der Waals surface area contributed by atoms with E-state index in [1.54, 1.807) is 32.2 Å². The largest absolute Gasteiger partial charge is 0.493 e. The van der Waals surface area contributed by atoms with E-state index in [-0.39, 0.29) is 11.9 Å². The van der Waals surface area contributed by atoms with Crippen LogP contribution >= 0.6 is 0 Å². The number of methoxy groups -OCH3 is 1. The van der Waals surface area contributed by atoms with Gasteiger partial charge < -0.3 is 19.5 Å². The predicted molar refractivity (Wildman–Crippen MR) is 113 cm³/mol. The van der Waals surface area contributed by atoms with Crippen molar-refractivity contribution >= 4 is 18.0 Å². The fraction of sp³-hybridized carbons (Fsp3) is 0.565. The van der Waals surface area contributed by atoms with Gasteiger partial charge in [0.15, 0.2) is 17.6 Å². The second kappa shape index (κ2) is 10.9. The van der Waals surface area contributed by atoms with Gasteiger partial charge in [0.2, 0.25) is 0 Å². The number of carbonyl (C=O) groups excluding carboxylic acids is 2. The number of carbonyl (C=O) groups is 2. The van der Waals surface area contributed by atoms with Gasteiger partial charge in [-0.25, -0.2) is 4.79 Å². The number of nitrogens with one attached hydrogen (secondary N) is 1. The van der Waals surface area contributed by atoms with Gasteiger partial charge in [-0.2, -0.15) is 0 Å². The van der Waals surface area contributed by atoms with Gasteiger partial charge in [-0.3, -0.25) is 4.79 Å². The van der Waals surface area contributed by atoms with Gasteiger partial charge in [0.05, 0.1) is 13.7 Å². The molecule has 1 N–H and O–H groups in total. The minimum atomic E-state index is -0.841. The monoisotopic (exact) mass is 403 g/mol. The van der Waals surface area contributed by atoms with E-state index in [1.165, 1.54) is 12.5 Å². The lowest BCUT2D eigenvalue weighted by Gasteiger charge is -2.35. The zero-order chi connectivity index (χ0) is 21.4. The van der Waals surface area contributed by atoms with Gasteiger partial charge in [-0.1, -0.05) is 32.8 Å². The van der Waals surface area contributed by atoms with Crippen LogP contribution in [0.2, 0.25) is 0 Å². The third kappa shape index (κ3) is 6.51. The summed E-state index contributed by atoms with van der Waals surface area (Å²) in [7, 11) is 1.56. The molecule has 1 fully saturated rings. The SMILES string of the molecule is CCOc1ccc(/C=C/C(=O)O[C@H](C)C(=O)N[C@@H]2CCC[C@H](C)[C@@H]2C)cc1OC. The third-order valence-electron chi connectivity index (χ3n) is 5.60. The van der Waals surface area contributed by atoms with Crippen molar-refractivity contribution in [1.82, 2.24) is 5.32 Å². The molecule has 6 nitrogen and oxygen atoms in total. The van der Waals surface area contributed by atoms with E-state index in [1.807, 2.05) is 13.0 Å². The molecule has 0 aromatic heterocycles. The molecule has 0 spiro atoms. The first-order valence-electron chi connectivity index (χ1n) is 10.4. The average molecular weight is 404 g/mol. The van der Waals surface area contributed by atoms with E-state index < -0.39 is 12.1 Å². The number of amides is 1. The minimum absolute atomic E-state index is 0.138. The summed E-state index contributed by atoms with van der Waals surface area (Å²) in [6.45, 7) is 8.41. The van der Waals surface area contributed by atoms with Gasteiger partial charge in [-0.05, 0) is 55.9 Å². The van der Waals surface area contributed by atoms with Crippen LogP contribution in [0.15, 0.2) is 24.3 Å². The van der Waals surface area contributed by atoms with Crippen molar-refractivity contribution in [3.8, 4) is 11.5 Å². The number of hydrogen-bond donors (Lipinski definition) is 1. The fourth-order valence-corrected chi connectivity index (χ4v) is 3.58. The number of benzene rings is 1. The molecule has 160 valence electrons. The highest BCUT2D eigenvalue weighted by Crippen LogP contribution is 2.30. The topological polar surface area (TPSA) is 73.9 Å². The smallest absolute Gasteiger partial charge is 0.331 e. The Morgan fingerprint density at radius 1 is 1.24 bits per heavy atom. The van der Waals surface area contributed by atoms with Gasteiger partial charge in [0, 0.05) is 12.1 Å². The van der Waals surface area contributed by atoms with Crippen molar-refractivity contribution in [2.45, 2.75) is 59.1 Å². The van der Waals surface area contributed by atoms with Crippen molar-refractivity contribution in [3.63, 3.8) is 0 Å². The maximum absolute atomic E-state index is 12.4. The lowest BCUT2D eigenvalue weighted by Crippen LogP contribution is -2.47. The normalized spacial score (nSPS) is 22.7. The summed E-state index contributed by atoms with van der Waals surface area (Å²) in [6, 6.07) is 5.52. The molecule has 0 heterocycles. The first-order valence-corrected chi connectivity index (χ1v) is 10.4. The zero-order valence-corrected chi connectivity index (χ0v) is 18.1. The van der Waals surface area contributed by atoms with Crippen LogP contribution in [0.4, 0.5) is 0 Å². The molecule has 0 unspecified atom stereocenters. The average Bonchev–Trinajstić information content (AvgIpc) is 2.70. The Morgan fingerprint density at radius 2 is 2.00 bits per heavy atom. The first kappa shape index (κ1) is 22.8. The van der Waals surface area contributed by atoms with Crippen LogP contribution in [0.25, 0.3) is 6.08 Å². The van der Waals surface area contributed by atoms with Gasteiger partial charge in [-0.15, -0.1) is 0 Å². The van der Waals surface area contributed by atoms with E-state index in [0.717, 1.165) is 18.4 Å². The Kier molecular flexibility index (Phi) is 8.55. The molecule has 29 heavy (non-hydrogen) atoms. The van der Waals surface area contributed by atoms with Gasteiger partial charge in [0.1, 0.15) is 0 Å². The van der Waals surface area contributed by atoms with E-state index >= 15 is 0 Å². The molecule has 1 aliphatic rings. The van der Waals surface area contributed by atoms with Gasteiger partial charge >= 0.3 is 5.97 Å². The maximum atomic E-state index is 12.4. The molecule has 0 bridgehead atoms. The molecular formula is C23H33NO5. The van der Waals surface area contributed by atoms with Crippen LogP contribution in [-0.4, -0.2) is 37.7 Å². The van der Waals surface area contributed by atoms with E-state index in [0.29, 0.717) is 29.9 Å². The summed E-state index contributed by atoms with van der Waals surface area (Å²) in [4.78, 5) is 24.5. The Labute approximate surface area is 173 Å². The van der Waals surface area contributed by atoms with Gasteiger partial charge in [0.25, 0.3) is 5.91 Å². The second-order valence-corrected chi connectivity index (χ2v) is 7.64. The molecule has 0 aliphatic heterocycles. The molecule has 2 rings (SSSR count). The number of esters is 1. The molecular weight excluding hydrogens is 370 g/mol. The molecule has 1 aromatic rings. The van der Waals surface area contributed by atoms with Crippen molar-refractivity contribution in [2.24, 2.45) is 11.8 Å². The molecule has 0 radical (unpaired) electrons. The zero-order valence-electron chi connectivity index (χ0n) is 18.1. The van der Waals surface area contributed by atoms with Crippen LogP contribution in [0, 0.1) is 11.8 Å². The molecule has 1 amide bonds. The highest BCUT2D eigenvalue weighted by atomic mass is 16.5. The molecule has 1 saturated carbocycles. The standard InChI is InChI=1S/C23H33NO5/c1-6-28-20-12-10-18(14-21(20)27-5)11-13-22(25)29-17(4)23(26)24-19-9-7-8-15(2)16(19)3/h10-17,19H,6-9H2,1-5H3,(H,24,26)/b13-11+/t15-,16-,17+,19+/m0/s1.